The first-order valence-corrected chi connectivity index (χ1v) is 8.68. The minimum Gasteiger partial charge on any atom is -0.493 e. The topological polar surface area (TPSA) is 77.1 Å². The Morgan fingerprint density at radius 1 is 1.15 bits per heavy atom. The second kappa shape index (κ2) is 9.05. The summed E-state index contributed by atoms with van der Waals surface area (Å²) in [7, 11) is 1.48. The third-order valence-corrected chi connectivity index (χ3v) is 4.21. The van der Waals surface area contributed by atoms with Gasteiger partial charge < -0.3 is 24.4 Å². The number of carbonyl (C=O) groups excluding carboxylic acids is 2. The van der Waals surface area contributed by atoms with Gasteiger partial charge in [-0.3, -0.25) is 9.59 Å². The number of benzene rings is 2. The fourth-order valence-corrected chi connectivity index (χ4v) is 2.79. The molecule has 1 fully saturated rings. The lowest BCUT2D eigenvalue weighted by molar-refractivity contribution is -0.118. The average molecular weight is 370 g/mol. The highest BCUT2D eigenvalue weighted by molar-refractivity contribution is 5.92. The van der Waals surface area contributed by atoms with Crippen molar-refractivity contribution in [3.8, 4) is 11.5 Å². The van der Waals surface area contributed by atoms with Crippen molar-refractivity contribution >= 4 is 23.6 Å². The van der Waals surface area contributed by atoms with E-state index in [1.54, 1.807) is 18.2 Å². The summed E-state index contributed by atoms with van der Waals surface area (Å²) in [6.07, 6.45) is 0.722. The van der Waals surface area contributed by atoms with Crippen LogP contribution in [0.5, 0.6) is 11.5 Å². The van der Waals surface area contributed by atoms with Crippen molar-refractivity contribution in [3.63, 3.8) is 0 Å². The molecular weight excluding hydrogens is 348 g/mol. The van der Waals surface area contributed by atoms with Crippen LogP contribution in [0, 0.1) is 0 Å². The van der Waals surface area contributed by atoms with Gasteiger partial charge in [0.25, 0.3) is 5.91 Å². The molecule has 3 rings (SSSR count). The number of hydrogen-bond acceptors (Lipinski definition) is 6. The molecule has 0 bridgehead atoms. The van der Waals surface area contributed by atoms with Gasteiger partial charge in [0.1, 0.15) is 6.29 Å². The van der Waals surface area contributed by atoms with Gasteiger partial charge in [0, 0.05) is 30.0 Å². The summed E-state index contributed by atoms with van der Waals surface area (Å²) in [5, 5.41) is 2.80. The maximum absolute atomic E-state index is 12.1. The summed E-state index contributed by atoms with van der Waals surface area (Å²) >= 11 is 0. The van der Waals surface area contributed by atoms with Crippen molar-refractivity contribution in [2.45, 2.75) is 0 Å². The molecule has 1 heterocycles. The Balaban J connectivity index is 1.54. The van der Waals surface area contributed by atoms with Crippen LogP contribution < -0.4 is 19.7 Å². The number of aldehydes is 1. The molecule has 0 atom stereocenters. The molecule has 7 nitrogen and oxygen atoms in total. The molecule has 1 saturated heterocycles. The van der Waals surface area contributed by atoms with Crippen LogP contribution in [-0.4, -0.2) is 52.2 Å². The van der Waals surface area contributed by atoms with Gasteiger partial charge in [-0.05, 0) is 42.5 Å². The molecule has 0 aliphatic carbocycles. The van der Waals surface area contributed by atoms with Gasteiger partial charge in [-0.15, -0.1) is 0 Å². The number of carbonyl (C=O) groups is 2. The van der Waals surface area contributed by atoms with Gasteiger partial charge in [0.2, 0.25) is 0 Å². The first-order valence-electron chi connectivity index (χ1n) is 8.68. The first-order chi connectivity index (χ1) is 13.2. The normalized spacial score (nSPS) is 13.7. The van der Waals surface area contributed by atoms with E-state index in [2.05, 4.69) is 10.2 Å². The number of nitrogens with one attached hydrogen (secondary N) is 1. The summed E-state index contributed by atoms with van der Waals surface area (Å²) in [6.45, 7) is 3.02. The standard InChI is InChI=1S/C20H22N2O5/c1-25-19-12-15(13-23)2-7-18(19)27-14-20(24)21-16-3-5-17(6-4-16)22-8-10-26-11-9-22/h2-7,12-13H,8-11,14H2,1H3,(H,21,24). The molecule has 2 aromatic carbocycles. The molecule has 2 aromatic rings. The molecule has 1 N–H and O–H groups in total. The van der Waals surface area contributed by atoms with E-state index in [9.17, 15) is 9.59 Å². The molecule has 0 unspecified atom stereocenters. The molecule has 1 aliphatic rings. The van der Waals surface area contributed by atoms with E-state index in [1.165, 1.54) is 7.11 Å². The number of rotatable bonds is 7. The lowest BCUT2D eigenvalue weighted by atomic mass is 10.2. The van der Waals surface area contributed by atoms with Gasteiger partial charge in [-0.25, -0.2) is 0 Å². The third kappa shape index (κ3) is 4.98. The van der Waals surface area contributed by atoms with E-state index in [0.717, 1.165) is 38.3 Å². The van der Waals surface area contributed by atoms with Crippen molar-refractivity contribution in [2.24, 2.45) is 0 Å². The van der Waals surface area contributed by atoms with Gasteiger partial charge in [0.15, 0.2) is 18.1 Å². The summed E-state index contributed by atoms with van der Waals surface area (Å²) in [5.41, 5.74) is 2.28. The quantitative estimate of drug-likeness (QED) is 0.754. The predicted octanol–water partition coefficient (Wildman–Crippen LogP) is 2.36. The molecular formula is C20H22N2O5. The van der Waals surface area contributed by atoms with Crippen molar-refractivity contribution < 1.29 is 23.8 Å². The van der Waals surface area contributed by atoms with Crippen molar-refractivity contribution in [1.82, 2.24) is 0 Å². The van der Waals surface area contributed by atoms with Crippen LogP contribution >= 0.6 is 0 Å². The highest BCUT2D eigenvalue weighted by atomic mass is 16.5. The summed E-state index contributed by atoms with van der Waals surface area (Å²) in [6, 6.07) is 12.4. The van der Waals surface area contributed by atoms with Gasteiger partial charge in [-0.2, -0.15) is 0 Å². The number of methoxy groups -OCH3 is 1. The number of nitrogens with zero attached hydrogens (tertiary/aromatic N) is 1. The Bertz CT molecular complexity index is 785. The average Bonchev–Trinajstić information content (AvgIpc) is 2.73. The highest BCUT2D eigenvalue weighted by Gasteiger charge is 2.12. The van der Waals surface area contributed by atoms with Crippen molar-refractivity contribution in [2.75, 3.05) is 50.2 Å². The van der Waals surface area contributed by atoms with Crippen LogP contribution in [0.4, 0.5) is 11.4 Å². The molecule has 27 heavy (non-hydrogen) atoms. The van der Waals surface area contributed by atoms with E-state index in [4.69, 9.17) is 14.2 Å². The molecule has 0 saturated carbocycles. The fraction of sp³-hybridized carbons (Fsp3) is 0.300. The molecule has 1 amide bonds. The monoisotopic (exact) mass is 370 g/mol. The van der Waals surface area contributed by atoms with Crippen LogP contribution in [0.1, 0.15) is 10.4 Å². The van der Waals surface area contributed by atoms with Crippen LogP contribution in [-0.2, 0) is 9.53 Å². The Morgan fingerprint density at radius 3 is 2.56 bits per heavy atom. The van der Waals surface area contributed by atoms with Crippen molar-refractivity contribution in [1.29, 1.82) is 0 Å². The Morgan fingerprint density at radius 2 is 1.89 bits per heavy atom. The van der Waals surface area contributed by atoms with Gasteiger partial charge in [-0.1, -0.05) is 0 Å². The molecule has 0 spiro atoms. The predicted molar refractivity (Wildman–Crippen MR) is 102 cm³/mol. The van der Waals surface area contributed by atoms with E-state index >= 15 is 0 Å². The zero-order chi connectivity index (χ0) is 19.1. The number of anilines is 2. The zero-order valence-electron chi connectivity index (χ0n) is 15.1. The molecule has 142 valence electrons. The van der Waals surface area contributed by atoms with Crippen LogP contribution in [0.3, 0.4) is 0 Å². The number of morpholine rings is 1. The largest absolute Gasteiger partial charge is 0.493 e. The molecule has 7 heteroatoms. The maximum atomic E-state index is 12.1. The van der Waals surface area contributed by atoms with Gasteiger partial charge >= 0.3 is 0 Å². The second-order valence-corrected chi connectivity index (χ2v) is 6.01. The van der Waals surface area contributed by atoms with E-state index in [1.807, 2.05) is 24.3 Å². The number of amides is 1. The minimum absolute atomic E-state index is 0.165. The maximum Gasteiger partial charge on any atom is 0.262 e. The smallest absolute Gasteiger partial charge is 0.262 e. The van der Waals surface area contributed by atoms with E-state index in [-0.39, 0.29) is 12.5 Å². The lowest BCUT2D eigenvalue weighted by Crippen LogP contribution is -2.36. The first kappa shape index (κ1) is 18.7. The Labute approximate surface area is 157 Å². The second-order valence-electron chi connectivity index (χ2n) is 6.01. The molecule has 0 aromatic heterocycles. The third-order valence-electron chi connectivity index (χ3n) is 4.21. The van der Waals surface area contributed by atoms with Crippen LogP contribution in [0.25, 0.3) is 0 Å². The number of ether oxygens (including phenoxy) is 3. The van der Waals surface area contributed by atoms with Crippen LogP contribution in [0.2, 0.25) is 0 Å². The van der Waals surface area contributed by atoms with E-state index < -0.39 is 0 Å². The fourth-order valence-electron chi connectivity index (χ4n) is 2.79. The van der Waals surface area contributed by atoms with Crippen LogP contribution in [0.15, 0.2) is 42.5 Å². The zero-order valence-corrected chi connectivity index (χ0v) is 15.1. The van der Waals surface area contributed by atoms with Crippen molar-refractivity contribution in [3.05, 3.63) is 48.0 Å². The van der Waals surface area contributed by atoms with E-state index in [0.29, 0.717) is 22.7 Å². The summed E-state index contributed by atoms with van der Waals surface area (Å²) < 4.78 is 16.0. The summed E-state index contributed by atoms with van der Waals surface area (Å²) in [4.78, 5) is 25.2. The molecule has 0 radical (unpaired) electrons. The SMILES string of the molecule is COc1cc(C=O)ccc1OCC(=O)Nc1ccc(N2CCOCC2)cc1. The Kier molecular flexibility index (Phi) is 6.27. The van der Waals surface area contributed by atoms with Gasteiger partial charge in [0.05, 0.1) is 20.3 Å². The Hall–Kier alpha value is -3.06. The molecule has 1 aliphatic heterocycles. The highest BCUT2D eigenvalue weighted by Crippen LogP contribution is 2.27. The minimum atomic E-state index is -0.282. The summed E-state index contributed by atoms with van der Waals surface area (Å²) in [5.74, 6) is 0.527. The number of hydrogen-bond donors (Lipinski definition) is 1. The lowest BCUT2D eigenvalue weighted by Gasteiger charge is -2.28.